The number of methoxy groups -OCH3 is 1. The van der Waals surface area contributed by atoms with E-state index in [4.69, 9.17) is 38.6 Å². The minimum absolute atomic E-state index is 0.0327. The summed E-state index contributed by atoms with van der Waals surface area (Å²) in [5.41, 5.74) is 10.4. The number of aromatic carboxylic acids is 5. The third kappa shape index (κ3) is 22.2. The van der Waals surface area contributed by atoms with Gasteiger partial charge in [0.1, 0.15) is 80.8 Å². The lowest BCUT2D eigenvalue weighted by Gasteiger charge is -2.13. The van der Waals surface area contributed by atoms with Crippen molar-refractivity contribution in [2.45, 2.75) is 48.5 Å². The largest absolute Gasteiger partial charge is 0.496 e. The van der Waals surface area contributed by atoms with E-state index in [1.54, 1.807) is 128 Å². The van der Waals surface area contributed by atoms with Gasteiger partial charge in [0, 0.05) is 12.5 Å². The quantitative estimate of drug-likeness (QED) is 0.0227. The molecule has 0 aliphatic carbocycles. The Balaban J connectivity index is 0.000000133. The number of aromatic amines is 10. The molecule has 0 radical (unpaired) electrons. The normalized spacial score (nSPS) is 10.9. The zero-order valence-electron chi connectivity index (χ0n) is 79.6. The third-order valence-electron chi connectivity index (χ3n) is 22.5. The maximum absolute atomic E-state index is 14.6. The van der Waals surface area contributed by atoms with Crippen molar-refractivity contribution in [3.63, 3.8) is 0 Å². The first-order chi connectivity index (χ1) is 71.8. The van der Waals surface area contributed by atoms with Crippen molar-refractivity contribution in [2.24, 2.45) is 0 Å². The van der Waals surface area contributed by atoms with Crippen LogP contribution in [0.15, 0.2) is 238 Å². The minimum Gasteiger partial charge on any atom is -0.496 e. The lowest BCUT2D eigenvalue weighted by molar-refractivity contribution is -0.114. The average Bonchev–Trinajstić information content (AvgIpc) is 1.72. The topological polar surface area (TPSA) is 643 Å². The van der Waals surface area contributed by atoms with Crippen molar-refractivity contribution < 1.29 is 91.5 Å². The molecule has 45 heteroatoms. The SMILES string of the molecule is CCOc1cc(-c2cc(C)cc(C(=O)O)c2)ccc1-c1nc2nc[nH]c2c(=O)[nH]1.CCOc1cc(-c2ccc(F)c(C(=O)O)c2)ccc1-c1nc2nc[nH]c2c(=O)[nH]1.CCOc1cc(-c2ccc(NC(C)=O)c(C(=O)O)c2)ccc1-c1nc2nc[nH]c2c(=O)[nH]1.CCOc1cc(-c2ccc(OC)c(C(=O)O)c2)ccc1-c1nc2nc[nH]c2c(=O)[nH]1.CCOc1cc(-c2cccc(C(=O)O)c2F)ccc1-c1nc2nc[nH]c2c(=O)[nH]1. The van der Waals surface area contributed by atoms with Crippen molar-refractivity contribution in [2.75, 3.05) is 45.5 Å². The van der Waals surface area contributed by atoms with Crippen LogP contribution in [0.5, 0.6) is 34.5 Å². The van der Waals surface area contributed by atoms with Crippen LogP contribution in [0.3, 0.4) is 0 Å². The Morgan fingerprint density at radius 1 is 0.315 bits per heavy atom. The van der Waals surface area contributed by atoms with Crippen LogP contribution >= 0.6 is 0 Å². The predicted molar refractivity (Wildman–Crippen MR) is 543 cm³/mol. The predicted octanol–water partition coefficient (Wildman–Crippen LogP) is 15.9. The molecule has 752 valence electrons. The molecule has 0 spiro atoms. The number of nitrogens with one attached hydrogen (secondary N) is 11. The van der Waals surface area contributed by atoms with E-state index in [1.165, 1.54) is 82.1 Å². The lowest BCUT2D eigenvalue weighted by atomic mass is 9.98. The Bertz CT molecular complexity index is 8960. The number of ether oxygens (including phenoxy) is 6. The van der Waals surface area contributed by atoms with Crippen molar-refractivity contribution in [1.29, 1.82) is 0 Å². The Hall–Kier alpha value is -20.6. The van der Waals surface area contributed by atoms with Crippen molar-refractivity contribution in [1.82, 2.24) is 99.7 Å². The molecule has 0 aliphatic rings. The first-order valence-corrected chi connectivity index (χ1v) is 45.3. The maximum Gasteiger partial charge on any atom is 0.339 e. The Morgan fingerprint density at radius 2 is 0.617 bits per heavy atom. The number of carboxylic acids is 5. The number of amides is 1. The number of imidazole rings is 5. The number of carbonyl (C=O) groups excluding carboxylic acids is 1. The third-order valence-corrected chi connectivity index (χ3v) is 22.5. The van der Waals surface area contributed by atoms with Gasteiger partial charge in [0.05, 0.1) is 128 Å². The Morgan fingerprint density at radius 3 is 0.946 bits per heavy atom. The first-order valence-electron chi connectivity index (χ1n) is 45.3. The zero-order valence-corrected chi connectivity index (χ0v) is 79.6. The van der Waals surface area contributed by atoms with Gasteiger partial charge < -0.3 is 109 Å². The molecule has 20 aromatic rings. The maximum atomic E-state index is 14.6. The Kier molecular flexibility index (Phi) is 30.1. The van der Waals surface area contributed by atoms with Gasteiger partial charge in [-0.15, -0.1) is 0 Å². The molecule has 0 aliphatic heterocycles. The molecule has 10 aromatic carbocycles. The highest BCUT2D eigenvalue weighted by molar-refractivity contribution is 6.02. The summed E-state index contributed by atoms with van der Waals surface area (Å²) in [5, 5.41) is 49.1. The number of H-pyrrole nitrogens is 10. The molecule has 43 nitrogen and oxygen atoms in total. The summed E-state index contributed by atoms with van der Waals surface area (Å²) in [4.78, 5) is 199. The van der Waals surface area contributed by atoms with Crippen LogP contribution in [-0.4, -0.2) is 201 Å². The van der Waals surface area contributed by atoms with Gasteiger partial charge in [-0.05, 0) is 212 Å². The van der Waals surface area contributed by atoms with Crippen molar-refractivity contribution >= 4 is 97.3 Å². The number of benzene rings is 10. The Labute approximate surface area is 835 Å². The number of carbonyl (C=O) groups is 6. The molecule has 0 bridgehead atoms. The van der Waals surface area contributed by atoms with Crippen molar-refractivity contribution in [3.8, 4) is 147 Å². The van der Waals surface area contributed by atoms with Gasteiger partial charge in [0.2, 0.25) is 5.91 Å². The zero-order chi connectivity index (χ0) is 106. The van der Waals surface area contributed by atoms with Gasteiger partial charge in [0.15, 0.2) is 55.8 Å². The summed E-state index contributed by atoms with van der Waals surface area (Å²) >= 11 is 0. The molecule has 16 N–H and O–H groups in total. The van der Waals surface area contributed by atoms with E-state index in [9.17, 15) is 76.8 Å². The van der Waals surface area contributed by atoms with E-state index in [1.807, 2.05) is 52.8 Å². The van der Waals surface area contributed by atoms with E-state index in [-0.39, 0.29) is 113 Å². The number of fused-ring (bicyclic) bond motifs is 5. The van der Waals surface area contributed by atoms with Gasteiger partial charge in [0.25, 0.3) is 27.8 Å². The second-order valence-electron chi connectivity index (χ2n) is 32.1. The summed E-state index contributed by atoms with van der Waals surface area (Å²) in [6.45, 7) is 14.2. The molecule has 20 rings (SSSR count). The number of carboxylic acid groups (broad SMARTS) is 5. The molecule has 10 heterocycles. The second kappa shape index (κ2) is 44.3. The van der Waals surface area contributed by atoms with Crippen LogP contribution in [0.4, 0.5) is 14.5 Å². The second-order valence-corrected chi connectivity index (χ2v) is 32.1. The minimum atomic E-state index is -1.35. The fraction of sp³-hybridized carbons (Fsp3) is 0.125. The smallest absolute Gasteiger partial charge is 0.339 e. The number of anilines is 1. The molecule has 1 amide bonds. The summed E-state index contributed by atoms with van der Waals surface area (Å²) in [7, 11) is 1.42. The molecule has 10 aromatic heterocycles. The molecule has 0 saturated heterocycles. The van der Waals surface area contributed by atoms with Crippen LogP contribution in [-0.2, 0) is 4.79 Å². The lowest BCUT2D eigenvalue weighted by Crippen LogP contribution is -2.11. The number of aryl methyl sites for hydroxylation is 1. The van der Waals surface area contributed by atoms with E-state index in [0.717, 1.165) is 28.3 Å². The van der Waals surface area contributed by atoms with Crippen LogP contribution in [0, 0.1) is 18.6 Å². The summed E-state index contributed by atoms with van der Waals surface area (Å²) in [5.74, 6) is -3.83. The molecule has 0 fully saturated rings. The molecule has 0 saturated carbocycles. The van der Waals surface area contributed by atoms with E-state index in [0.29, 0.717) is 163 Å². The van der Waals surface area contributed by atoms with Crippen molar-refractivity contribution in [3.05, 3.63) is 310 Å². The van der Waals surface area contributed by atoms with Crippen LogP contribution in [0.1, 0.15) is 98.9 Å². The monoisotopic (exact) mass is 2020 g/mol. The van der Waals surface area contributed by atoms with Crippen LogP contribution in [0.2, 0.25) is 0 Å². The number of hydrogen-bond acceptors (Lipinski definition) is 27. The summed E-state index contributed by atoms with van der Waals surface area (Å²) in [6, 6.07) is 48.8. The summed E-state index contributed by atoms with van der Waals surface area (Å²) in [6.07, 6.45) is 6.99. The van der Waals surface area contributed by atoms with E-state index >= 15 is 0 Å². The fourth-order valence-corrected chi connectivity index (χ4v) is 15.8. The average molecular weight is 2020 g/mol. The molecule has 0 atom stereocenters. The number of rotatable bonds is 27. The first kappa shape index (κ1) is 101. The standard InChI is InChI=1S/C22H19N5O5.C21H18N4O5.C21H18N4O4.2C20H15FN4O4/c1-3-32-17-9-13(12-5-7-16(25-11(2)28)15(8-12)22(30)31)4-6-14(17)19-26-20-18(21(29)27-19)23-10-24-20;1-3-30-16-9-12(11-5-7-15(29-2)14(8-11)21(27)28)4-6-13(16)18-24-19-17(20(26)25-18)22-10-23-19;1-3-29-16-9-12(13-6-11(2)7-14(8-13)21(27)28)4-5-15(16)18-24-19-17(20(26)25-18)22-10-23-19;1-2-29-15-8-11(10-4-6-14(21)13(7-10)20(27)28)3-5-12(15)17-24-18-16(19(26)25-17)22-9-23-18;1-2-29-14-8-10(11-4-3-5-13(15(11)21)20(27)28)6-7-12(14)17-24-18-16(19(26)25-17)22-9-23-18/h4-10H,3H2,1-2H3,(H,25,28)(H,30,31)(H2,23,24,26,27,29);4-10H,3H2,1-2H3,(H,27,28)(H2,22,23,24,25,26);4-10H,3H2,1-2H3,(H,27,28)(H2,22,23,24,25,26);2*3-9H,2H2,1H3,(H,27,28)(H2,22,23,24,25,26). The number of halogens is 2. The fourth-order valence-electron chi connectivity index (χ4n) is 15.8. The molecule has 0 unspecified atom stereocenters. The molecule has 149 heavy (non-hydrogen) atoms. The number of hydrogen-bond donors (Lipinski definition) is 16. The van der Waals surface area contributed by atoms with Gasteiger partial charge in [-0.25, -0.2) is 82.6 Å². The highest BCUT2D eigenvalue weighted by Gasteiger charge is 2.26. The highest BCUT2D eigenvalue weighted by atomic mass is 19.1. The van der Waals surface area contributed by atoms with Gasteiger partial charge in [-0.3, -0.25) is 28.8 Å². The van der Waals surface area contributed by atoms with E-state index < -0.39 is 52.6 Å². The highest BCUT2D eigenvalue weighted by Crippen LogP contribution is 2.42. The van der Waals surface area contributed by atoms with E-state index in [2.05, 4.69) is 105 Å². The van der Waals surface area contributed by atoms with Crippen LogP contribution < -0.4 is 61.5 Å². The van der Waals surface area contributed by atoms with Crippen LogP contribution in [0.25, 0.3) is 168 Å². The number of aromatic nitrogens is 20. The van der Waals surface area contributed by atoms with Gasteiger partial charge in [-0.2, -0.15) is 0 Å². The van der Waals surface area contributed by atoms with Gasteiger partial charge >= 0.3 is 29.8 Å². The molecular formula is C104H85F2N21O22. The summed E-state index contributed by atoms with van der Waals surface area (Å²) < 4.78 is 62.2. The number of nitrogens with zero attached hydrogens (tertiary/aromatic N) is 10. The van der Waals surface area contributed by atoms with Gasteiger partial charge in [-0.1, -0.05) is 66.7 Å². The molecular weight excluding hydrogens is 1930 g/mol.